The van der Waals surface area contributed by atoms with Gasteiger partial charge in [-0.3, -0.25) is 9.78 Å². The third-order valence-corrected chi connectivity index (χ3v) is 3.43. The van der Waals surface area contributed by atoms with Crippen molar-refractivity contribution in [3.8, 4) is 0 Å². The first-order valence-corrected chi connectivity index (χ1v) is 6.63. The molecular weight excluding hydrogens is 236 g/mol. The molecule has 1 heterocycles. The first-order chi connectivity index (χ1) is 8.97. The maximum atomic E-state index is 12.2. The van der Waals surface area contributed by atoms with E-state index in [1.54, 1.807) is 0 Å². The molecule has 0 saturated heterocycles. The summed E-state index contributed by atoms with van der Waals surface area (Å²) in [6.07, 6.45) is 0.391. The molecule has 2 aromatic rings. The maximum Gasteiger partial charge on any atom is 0.164 e. The van der Waals surface area contributed by atoms with Gasteiger partial charge in [-0.05, 0) is 37.1 Å². The van der Waals surface area contributed by atoms with Gasteiger partial charge in [0.05, 0.1) is 5.52 Å². The largest absolute Gasteiger partial charge is 0.327 e. The van der Waals surface area contributed by atoms with E-state index >= 15 is 0 Å². The highest BCUT2D eigenvalue weighted by molar-refractivity contribution is 5.99. The lowest BCUT2D eigenvalue weighted by atomic mass is 9.96. The van der Waals surface area contributed by atoms with Crippen molar-refractivity contribution in [1.82, 2.24) is 4.98 Å². The quantitative estimate of drug-likeness (QED) is 0.855. The maximum absolute atomic E-state index is 12.2. The number of ketones is 1. The molecule has 19 heavy (non-hydrogen) atoms. The highest BCUT2D eigenvalue weighted by atomic mass is 16.1. The van der Waals surface area contributed by atoms with Crippen LogP contribution in [0, 0.1) is 12.8 Å². The summed E-state index contributed by atoms with van der Waals surface area (Å²) in [4.78, 5) is 16.6. The van der Waals surface area contributed by atoms with E-state index in [2.05, 4.69) is 4.98 Å². The summed E-state index contributed by atoms with van der Waals surface area (Å²) in [5.74, 6) is 0.414. The van der Waals surface area contributed by atoms with Gasteiger partial charge in [0.1, 0.15) is 0 Å². The molecule has 0 saturated carbocycles. The Morgan fingerprint density at radius 3 is 2.68 bits per heavy atom. The number of hydrogen-bond acceptors (Lipinski definition) is 3. The summed E-state index contributed by atoms with van der Waals surface area (Å²) in [7, 11) is 0. The predicted molar refractivity (Wildman–Crippen MR) is 78.2 cm³/mol. The van der Waals surface area contributed by atoms with Gasteiger partial charge in [-0.25, -0.2) is 0 Å². The topological polar surface area (TPSA) is 56.0 Å². The Balaban J connectivity index is 2.26. The minimum absolute atomic E-state index is 0.0839. The molecule has 0 aliphatic heterocycles. The second kappa shape index (κ2) is 5.49. The molecule has 1 aromatic carbocycles. The number of carbonyl (C=O) groups is 1. The molecule has 0 radical (unpaired) electrons. The Morgan fingerprint density at radius 2 is 2.00 bits per heavy atom. The number of nitrogens with zero attached hydrogens (tertiary/aromatic N) is 1. The molecule has 2 N–H and O–H groups in total. The number of carbonyl (C=O) groups excluding carboxylic acids is 1. The Bertz CT molecular complexity index is 605. The minimum atomic E-state index is -0.0839. The van der Waals surface area contributed by atoms with Crippen molar-refractivity contribution in [2.24, 2.45) is 11.7 Å². The minimum Gasteiger partial charge on any atom is -0.327 e. The number of Topliss-reactive ketones (excluding diaryl/α,β-unsaturated/α-hetero) is 1. The van der Waals surface area contributed by atoms with Crippen LogP contribution in [-0.2, 0) is 0 Å². The van der Waals surface area contributed by atoms with Crippen LogP contribution in [0.5, 0.6) is 0 Å². The number of benzene rings is 1. The molecule has 100 valence electrons. The van der Waals surface area contributed by atoms with Crippen molar-refractivity contribution in [3.63, 3.8) is 0 Å². The number of rotatable bonds is 4. The number of pyridine rings is 1. The van der Waals surface area contributed by atoms with E-state index in [0.29, 0.717) is 17.9 Å². The van der Waals surface area contributed by atoms with Gasteiger partial charge in [-0.1, -0.05) is 19.9 Å². The van der Waals surface area contributed by atoms with Gasteiger partial charge in [0.25, 0.3) is 0 Å². The Labute approximate surface area is 113 Å². The Kier molecular flexibility index (Phi) is 3.96. The molecule has 1 aromatic heterocycles. The number of fused-ring (bicyclic) bond motifs is 1. The van der Waals surface area contributed by atoms with Crippen LogP contribution in [-0.4, -0.2) is 16.8 Å². The van der Waals surface area contributed by atoms with Gasteiger partial charge in [-0.2, -0.15) is 0 Å². The van der Waals surface area contributed by atoms with Crippen molar-refractivity contribution >= 4 is 16.7 Å². The average Bonchev–Trinajstić information content (AvgIpc) is 2.37. The van der Waals surface area contributed by atoms with E-state index in [1.165, 1.54) is 0 Å². The van der Waals surface area contributed by atoms with Crippen LogP contribution >= 0.6 is 0 Å². The third-order valence-electron chi connectivity index (χ3n) is 3.43. The van der Waals surface area contributed by atoms with Gasteiger partial charge < -0.3 is 5.73 Å². The van der Waals surface area contributed by atoms with Crippen molar-refractivity contribution in [3.05, 3.63) is 41.6 Å². The summed E-state index contributed by atoms with van der Waals surface area (Å²) in [6, 6.07) is 9.50. The number of hydrogen-bond donors (Lipinski definition) is 1. The van der Waals surface area contributed by atoms with Crippen LogP contribution < -0.4 is 5.73 Å². The number of nitrogens with two attached hydrogens (primary N) is 1. The Hall–Kier alpha value is -1.74. The van der Waals surface area contributed by atoms with Crippen molar-refractivity contribution < 1.29 is 4.79 Å². The van der Waals surface area contributed by atoms with E-state index in [4.69, 9.17) is 5.73 Å². The van der Waals surface area contributed by atoms with Crippen LogP contribution in [0.2, 0.25) is 0 Å². The molecule has 1 atom stereocenters. The smallest absolute Gasteiger partial charge is 0.164 e. The monoisotopic (exact) mass is 256 g/mol. The molecule has 0 spiro atoms. The fraction of sp³-hybridized carbons (Fsp3) is 0.375. The van der Waals surface area contributed by atoms with Crippen LogP contribution in [0.1, 0.15) is 36.3 Å². The van der Waals surface area contributed by atoms with Gasteiger partial charge in [0.15, 0.2) is 5.78 Å². The Morgan fingerprint density at radius 1 is 1.26 bits per heavy atom. The van der Waals surface area contributed by atoms with E-state index in [1.807, 2.05) is 51.1 Å². The summed E-state index contributed by atoms with van der Waals surface area (Å²) in [5.41, 5.74) is 8.57. The van der Waals surface area contributed by atoms with Gasteiger partial charge in [0, 0.05) is 29.1 Å². The van der Waals surface area contributed by atoms with Crippen molar-refractivity contribution in [2.75, 3.05) is 0 Å². The number of aryl methyl sites for hydroxylation is 1. The highest BCUT2D eigenvalue weighted by Crippen LogP contribution is 2.17. The van der Waals surface area contributed by atoms with E-state index < -0.39 is 0 Å². The lowest BCUT2D eigenvalue weighted by Gasteiger charge is -2.14. The average molecular weight is 256 g/mol. The molecule has 1 unspecified atom stereocenters. The summed E-state index contributed by atoms with van der Waals surface area (Å²) in [5, 5.41) is 0.995. The highest BCUT2D eigenvalue weighted by Gasteiger charge is 2.14. The van der Waals surface area contributed by atoms with Gasteiger partial charge in [-0.15, -0.1) is 0 Å². The molecule has 2 rings (SSSR count). The van der Waals surface area contributed by atoms with E-state index in [-0.39, 0.29) is 11.8 Å². The fourth-order valence-corrected chi connectivity index (χ4v) is 1.97. The molecule has 0 bridgehead atoms. The lowest BCUT2D eigenvalue weighted by molar-refractivity contribution is 0.0968. The first kappa shape index (κ1) is 13.7. The summed E-state index contributed by atoms with van der Waals surface area (Å²) < 4.78 is 0. The fourth-order valence-electron chi connectivity index (χ4n) is 1.97. The molecule has 0 fully saturated rings. The zero-order valence-electron chi connectivity index (χ0n) is 11.7. The molecule has 3 nitrogen and oxygen atoms in total. The van der Waals surface area contributed by atoms with Crippen LogP contribution in [0.4, 0.5) is 0 Å². The van der Waals surface area contributed by atoms with Crippen LogP contribution in [0.15, 0.2) is 30.3 Å². The zero-order chi connectivity index (χ0) is 14.0. The summed E-state index contributed by atoms with van der Waals surface area (Å²) in [6.45, 7) is 6.02. The van der Waals surface area contributed by atoms with Crippen LogP contribution in [0.25, 0.3) is 10.9 Å². The number of aromatic nitrogens is 1. The summed E-state index contributed by atoms with van der Waals surface area (Å²) >= 11 is 0. The third kappa shape index (κ3) is 3.18. The second-order valence-electron chi connectivity index (χ2n) is 5.40. The normalized spacial score (nSPS) is 12.9. The van der Waals surface area contributed by atoms with Gasteiger partial charge in [0.2, 0.25) is 0 Å². The predicted octanol–water partition coefficient (Wildman–Crippen LogP) is 3.10. The standard InChI is InChI=1S/C16H20N2O/c1-10(2)14(17)9-16(19)13-6-7-15-12(8-13)5-4-11(3)18-15/h4-8,10,14H,9,17H2,1-3H3. The zero-order valence-corrected chi connectivity index (χ0v) is 11.7. The molecular formula is C16H20N2O. The van der Waals surface area contributed by atoms with E-state index in [9.17, 15) is 4.79 Å². The first-order valence-electron chi connectivity index (χ1n) is 6.63. The molecule has 0 amide bonds. The molecule has 3 heteroatoms. The van der Waals surface area contributed by atoms with Crippen LogP contribution in [0.3, 0.4) is 0 Å². The molecule has 0 aliphatic rings. The second-order valence-corrected chi connectivity index (χ2v) is 5.40. The lowest BCUT2D eigenvalue weighted by Crippen LogP contribution is -2.29. The molecule has 0 aliphatic carbocycles. The SMILES string of the molecule is Cc1ccc2cc(C(=O)CC(N)C(C)C)ccc2n1. The van der Waals surface area contributed by atoms with E-state index in [0.717, 1.165) is 16.6 Å². The van der Waals surface area contributed by atoms with Crippen molar-refractivity contribution in [2.45, 2.75) is 33.2 Å². The van der Waals surface area contributed by atoms with Gasteiger partial charge >= 0.3 is 0 Å². The van der Waals surface area contributed by atoms with Crippen molar-refractivity contribution in [1.29, 1.82) is 0 Å².